The van der Waals surface area contributed by atoms with E-state index < -0.39 is 12.3 Å². The zero-order valence-corrected chi connectivity index (χ0v) is 21.7. The lowest BCUT2D eigenvalue weighted by molar-refractivity contribution is -0.513. The molecular formula is C28H48B2N2. The van der Waals surface area contributed by atoms with E-state index in [0.29, 0.717) is 0 Å². The Morgan fingerprint density at radius 1 is 0.531 bits per heavy atom. The third kappa shape index (κ3) is 3.01. The highest BCUT2D eigenvalue weighted by Gasteiger charge is 2.64. The molecule has 2 nitrogen and oxygen atoms in total. The molecule has 4 heteroatoms. The minimum Gasteiger partial charge on any atom is -0.278 e. The maximum absolute atomic E-state index is 4.30. The summed E-state index contributed by atoms with van der Waals surface area (Å²) in [6.07, 6.45) is 16.5. The number of hydrogen-bond acceptors (Lipinski definition) is 0. The zero-order chi connectivity index (χ0) is 22.3. The summed E-state index contributed by atoms with van der Waals surface area (Å²) >= 11 is 0. The summed E-state index contributed by atoms with van der Waals surface area (Å²) in [5.74, 6) is 12.3. The molecule has 0 atom stereocenters. The highest BCUT2D eigenvalue weighted by atomic mass is 15.0. The Kier molecular flexibility index (Phi) is 6.41. The highest BCUT2D eigenvalue weighted by Crippen LogP contribution is 2.74. The van der Waals surface area contributed by atoms with Crippen LogP contribution in [0.15, 0.2) is 10.7 Å². The van der Waals surface area contributed by atoms with E-state index in [2.05, 4.69) is 48.6 Å². The summed E-state index contributed by atoms with van der Waals surface area (Å²) in [6, 6.07) is 0. The summed E-state index contributed by atoms with van der Waals surface area (Å²) in [4.78, 5) is 0. The van der Waals surface area contributed by atoms with Gasteiger partial charge >= 0.3 is 0 Å². The van der Waals surface area contributed by atoms with Crippen molar-refractivity contribution in [1.29, 1.82) is 0 Å². The van der Waals surface area contributed by atoms with Crippen molar-refractivity contribution in [2.75, 3.05) is 26.2 Å². The summed E-state index contributed by atoms with van der Waals surface area (Å²) in [6.45, 7) is 13.8. The van der Waals surface area contributed by atoms with E-state index >= 15 is 0 Å². The quantitative estimate of drug-likeness (QED) is 0.268. The molecule has 5 fully saturated rings. The third-order valence-electron chi connectivity index (χ3n) is 11.7. The molecule has 0 N–H and O–H groups in total. The smallest absolute Gasteiger partial charge is 0.149 e. The normalized spacial score (nSPS) is 40.0. The van der Waals surface area contributed by atoms with Crippen LogP contribution in [0, 0.1) is 0 Å². The maximum Gasteiger partial charge on any atom is 0.149 e. The Morgan fingerprint density at radius 3 is 1.00 bits per heavy atom. The van der Waals surface area contributed by atoms with Crippen LogP contribution >= 0.6 is 0 Å². The topological polar surface area (TPSA) is 6.02 Å². The molecule has 5 heterocycles. The van der Waals surface area contributed by atoms with Gasteiger partial charge in [-0.3, -0.25) is 10.7 Å². The van der Waals surface area contributed by atoms with Crippen LogP contribution in [-0.4, -0.2) is 59.4 Å². The monoisotopic (exact) mass is 434 g/mol. The van der Waals surface area contributed by atoms with Crippen molar-refractivity contribution in [3.63, 3.8) is 0 Å². The van der Waals surface area contributed by atoms with Crippen LogP contribution in [0.2, 0.25) is 23.3 Å². The molecule has 0 unspecified atom stereocenters. The molecule has 0 aromatic carbocycles. The van der Waals surface area contributed by atoms with Crippen molar-refractivity contribution in [3.05, 3.63) is 10.7 Å². The van der Waals surface area contributed by atoms with Crippen molar-refractivity contribution >= 4 is 24.0 Å². The molecule has 5 aliphatic rings. The Hall–Kier alpha value is -0.970. The Balaban J connectivity index is 1.85. The lowest BCUT2D eigenvalue weighted by Gasteiger charge is -2.84. The second-order valence-electron chi connectivity index (χ2n) is 12.2. The van der Waals surface area contributed by atoms with Crippen molar-refractivity contribution in [1.82, 2.24) is 0 Å². The van der Waals surface area contributed by atoms with E-state index in [9.17, 15) is 0 Å². The van der Waals surface area contributed by atoms with Gasteiger partial charge < -0.3 is 0 Å². The van der Waals surface area contributed by atoms with Crippen molar-refractivity contribution < 1.29 is 9.15 Å². The molecule has 4 bridgehead atoms. The molecule has 5 rings (SSSR count). The molecule has 5 saturated heterocycles. The van der Waals surface area contributed by atoms with Gasteiger partial charge in [0, 0.05) is 12.3 Å². The average molecular weight is 434 g/mol. The minimum absolute atomic E-state index is 0.584. The van der Waals surface area contributed by atoms with Gasteiger partial charge in [-0.05, 0) is 27.7 Å². The number of hydrogen-bond donors (Lipinski definition) is 0. The first-order valence-corrected chi connectivity index (χ1v) is 14.8. The van der Waals surface area contributed by atoms with E-state index in [0.717, 1.165) is 49.4 Å². The van der Waals surface area contributed by atoms with Gasteiger partial charge in [0.15, 0.2) is 0 Å². The predicted octanol–water partition coefficient (Wildman–Crippen LogP) is 6.57. The Labute approximate surface area is 198 Å². The van der Waals surface area contributed by atoms with Gasteiger partial charge in [-0.2, -0.15) is 32.4 Å². The molecule has 32 heavy (non-hydrogen) atoms. The standard InChI is InChI=1S/C28H48B2N2/c1-5-31(6-2)21-27-29(23-13-9-14-24(29)16-10-15-23)28(22-32(7-3)8-4)30(27)25-17-11-18-26(30)20-12-19-25/h23-26H,5-20H2,1-4H3. The van der Waals surface area contributed by atoms with Crippen LogP contribution in [0.5, 0.6) is 0 Å². The van der Waals surface area contributed by atoms with E-state index in [-0.39, 0.29) is 0 Å². The van der Waals surface area contributed by atoms with Crippen LogP contribution in [0.1, 0.15) is 105 Å². The van der Waals surface area contributed by atoms with Gasteiger partial charge in [-0.1, -0.05) is 77.0 Å². The van der Waals surface area contributed by atoms with Crippen molar-refractivity contribution in [2.45, 2.75) is 128 Å². The first-order valence-electron chi connectivity index (χ1n) is 14.8. The second-order valence-corrected chi connectivity index (χ2v) is 12.2. The minimum atomic E-state index is -0.584. The SMILES string of the molecule is CC[N+](=C=C1[B-]2(C(=C=[N+](CC)CC)[B-]13C1CCCC3CCC1)C1CCCC2CCC1)CC. The molecule has 5 aliphatic heterocycles. The highest BCUT2D eigenvalue weighted by molar-refractivity contribution is 7.35. The third-order valence-corrected chi connectivity index (χ3v) is 11.7. The fraction of sp³-hybridized carbons (Fsp3) is 0.857. The van der Waals surface area contributed by atoms with Crippen LogP contribution in [0.25, 0.3) is 0 Å². The number of nitrogens with zero attached hydrogens (tertiary/aromatic N) is 2. The second kappa shape index (κ2) is 9.00. The van der Waals surface area contributed by atoms with Crippen LogP contribution in [-0.2, 0) is 0 Å². The molecular weight excluding hydrogens is 386 g/mol. The molecule has 0 aromatic heterocycles. The van der Waals surface area contributed by atoms with Gasteiger partial charge in [0.25, 0.3) is 0 Å². The van der Waals surface area contributed by atoms with Gasteiger partial charge in [0.1, 0.15) is 26.2 Å². The summed E-state index contributed by atoms with van der Waals surface area (Å²) < 4.78 is 5.12. The van der Waals surface area contributed by atoms with Crippen LogP contribution < -0.4 is 0 Å². The first-order chi connectivity index (χ1) is 15.7. The largest absolute Gasteiger partial charge is 0.278 e. The van der Waals surface area contributed by atoms with Gasteiger partial charge in [0.2, 0.25) is 0 Å². The molecule has 2 spiro atoms. The molecule has 176 valence electrons. The summed E-state index contributed by atoms with van der Waals surface area (Å²) in [5, 5.41) is 3.87. The van der Waals surface area contributed by atoms with E-state index in [1.165, 1.54) is 77.0 Å². The zero-order valence-electron chi connectivity index (χ0n) is 21.7. The van der Waals surface area contributed by atoms with Crippen LogP contribution in [0.3, 0.4) is 0 Å². The van der Waals surface area contributed by atoms with Gasteiger partial charge in [-0.25, -0.2) is 0 Å². The van der Waals surface area contributed by atoms with Gasteiger partial charge in [0.05, 0.1) is 11.7 Å². The summed E-state index contributed by atoms with van der Waals surface area (Å²) in [5.41, 5.74) is 0. The number of rotatable bonds is 4. The fourth-order valence-electron chi connectivity index (χ4n) is 10.8. The van der Waals surface area contributed by atoms with Crippen molar-refractivity contribution in [2.24, 2.45) is 0 Å². The van der Waals surface area contributed by atoms with E-state index in [1.54, 1.807) is 0 Å². The Morgan fingerprint density at radius 2 is 0.781 bits per heavy atom. The lowest BCUT2D eigenvalue weighted by atomic mass is 8.74. The van der Waals surface area contributed by atoms with E-state index in [1.807, 2.05) is 10.7 Å². The average Bonchev–Trinajstić information content (AvgIpc) is 2.79. The summed E-state index contributed by atoms with van der Waals surface area (Å²) in [7, 11) is 0. The predicted molar refractivity (Wildman–Crippen MR) is 142 cm³/mol. The lowest BCUT2D eigenvalue weighted by Crippen LogP contribution is -2.79. The van der Waals surface area contributed by atoms with Crippen molar-refractivity contribution in [3.8, 4) is 0 Å². The maximum atomic E-state index is 4.30. The molecule has 0 saturated carbocycles. The molecule has 0 radical (unpaired) electrons. The Bertz CT molecular complexity index is 730. The van der Waals surface area contributed by atoms with Gasteiger partial charge in [-0.15, -0.1) is 0 Å². The first kappa shape index (κ1) is 22.8. The fourth-order valence-corrected chi connectivity index (χ4v) is 10.8. The molecule has 0 aromatic rings. The van der Waals surface area contributed by atoms with E-state index in [4.69, 9.17) is 0 Å². The molecule has 0 aliphatic carbocycles. The van der Waals surface area contributed by atoms with Crippen LogP contribution in [0.4, 0.5) is 0 Å². The molecule has 0 amide bonds.